The Morgan fingerprint density at radius 2 is 1.36 bits per heavy atom. The quantitative estimate of drug-likeness (QED) is 0.416. The van der Waals surface area contributed by atoms with Gasteiger partial charge in [0.25, 0.3) is 0 Å². The molecule has 0 aliphatic heterocycles. The second kappa shape index (κ2) is 9.60. The minimum Gasteiger partial charge on any atom is -0.497 e. The highest BCUT2D eigenvalue weighted by Gasteiger charge is 2.16. The molecule has 0 saturated heterocycles. The van der Waals surface area contributed by atoms with Crippen LogP contribution in [0.4, 0.5) is 0 Å². The first-order chi connectivity index (χ1) is 13.7. The van der Waals surface area contributed by atoms with Crippen LogP contribution in [-0.4, -0.2) is 24.8 Å². The van der Waals surface area contributed by atoms with Gasteiger partial charge in [-0.3, -0.25) is 4.79 Å². The minimum absolute atomic E-state index is 0.105. The van der Waals surface area contributed by atoms with Gasteiger partial charge in [-0.15, -0.1) is 0 Å². The van der Waals surface area contributed by atoms with Gasteiger partial charge in [-0.05, 0) is 47.4 Å². The third-order valence-electron chi connectivity index (χ3n) is 4.60. The van der Waals surface area contributed by atoms with Crippen LogP contribution in [0.2, 0.25) is 0 Å². The van der Waals surface area contributed by atoms with Gasteiger partial charge in [-0.2, -0.15) is 0 Å². The molecule has 28 heavy (non-hydrogen) atoms. The van der Waals surface area contributed by atoms with Crippen LogP contribution in [0, 0.1) is 0 Å². The Morgan fingerprint density at radius 3 is 1.89 bits per heavy atom. The monoisotopic (exact) mass is 376 g/mol. The number of ether oxygens (including phenoxy) is 2. The molecule has 0 heterocycles. The molecule has 3 aromatic carbocycles. The standard InChI is InChI=1S/C24H24O4/c1-27-21-13-9-19(10-14-21)24(18-6-3-2-4-7-18)20-11-15-22(16-12-20)28-17-5-8-23(25)26/h2-4,6-7,9-16,24H,5,8,17H2,1H3,(H,25,26). The number of aliphatic carboxylic acids is 1. The Kier molecular flexibility index (Phi) is 6.68. The molecule has 0 saturated carbocycles. The third kappa shape index (κ3) is 5.13. The molecule has 0 spiro atoms. The Hall–Kier alpha value is -3.27. The molecule has 0 aromatic heterocycles. The molecule has 144 valence electrons. The number of carboxylic acid groups (broad SMARTS) is 1. The van der Waals surface area contributed by atoms with E-state index >= 15 is 0 Å². The van der Waals surface area contributed by atoms with E-state index in [-0.39, 0.29) is 12.3 Å². The number of hydrogen-bond donors (Lipinski definition) is 1. The molecule has 0 bridgehead atoms. The van der Waals surface area contributed by atoms with Crippen LogP contribution in [0.5, 0.6) is 11.5 Å². The van der Waals surface area contributed by atoms with Gasteiger partial charge in [-0.1, -0.05) is 54.6 Å². The van der Waals surface area contributed by atoms with Crippen molar-refractivity contribution in [3.05, 3.63) is 95.6 Å². The number of hydrogen-bond acceptors (Lipinski definition) is 3. The first kappa shape index (κ1) is 19.5. The molecular formula is C24H24O4. The van der Waals surface area contributed by atoms with Crippen LogP contribution >= 0.6 is 0 Å². The lowest BCUT2D eigenvalue weighted by atomic mass is 9.85. The summed E-state index contributed by atoms with van der Waals surface area (Å²) in [6.45, 7) is 0.395. The van der Waals surface area contributed by atoms with Crippen molar-refractivity contribution in [1.82, 2.24) is 0 Å². The zero-order valence-corrected chi connectivity index (χ0v) is 15.9. The van der Waals surface area contributed by atoms with E-state index < -0.39 is 5.97 Å². The number of carboxylic acids is 1. The first-order valence-corrected chi connectivity index (χ1v) is 9.31. The lowest BCUT2D eigenvalue weighted by Gasteiger charge is -2.19. The first-order valence-electron chi connectivity index (χ1n) is 9.31. The van der Waals surface area contributed by atoms with Crippen molar-refractivity contribution in [1.29, 1.82) is 0 Å². The fourth-order valence-electron chi connectivity index (χ4n) is 3.19. The molecule has 0 aliphatic rings. The summed E-state index contributed by atoms with van der Waals surface area (Å²) in [7, 11) is 1.67. The van der Waals surface area contributed by atoms with E-state index in [1.807, 2.05) is 42.5 Å². The van der Waals surface area contributed by atoms with Crippen LogP contribution in [0.15, 0.2) is 78.9 Å². The van der Waals surface area contributed by atoms with Crippen LogP contribution < -0.4 is 9.47 Å². The van der Waals surface area contributed by atoms with Crippen LogP contribution in [-0.2, 0) is 4.79 Å². The molecule has 3 rings (SSSR count). The van der Waals surface area contributed by atoms with Crippen molar-refractivity contribution in [2.24, 2.45) is 0 Å². The smallest absolute Gasteiger partial charge is 0.303 e. The van der Waals surface area contributed by atoms with E-state index in [2.05, 4.69) is 36.4 Å². The summed E-state index contributed by atoms with van der Waals surface area (Å²) in [5, 5.41) is 8.69. The molecular weight excluding hydrogens is 352 g/mol. The Bertz CT molecular complexity index is 871. The van der Waals surface area contributed by atoms with E-state index in [0.717, 1.165) is 17.1 Å². The van der Waals surface area contributed by atoms with Gasteiger partial charge in [0.05, 0.1) is 13.7 Å². The maximum absolute atomic E-state index is 10.6. The molecule has 4 heteroatoms. The van der Waals surface area contributed by atoms with Gasteiger partial charge in [0.15, 0.2) is 0 Å². The second-order valence-corrected chi connectivity index (χ2v) is 6.53. The predicted molar refractivity (Wildman–Crippen MR) is 109 cm³/mol. The van der Waals surface area contributed by atoms with Crippen molar-refractivity contribution in [2.45, 2.75) is 18.8 Å². The van der Waals surface area contributed by atoms with Gasteiger partial charge in [0, 0.05) is 12.3 Å². The fourth-order valence-corrected chi connectivity index (χ4v) is 3.19. The van der Waals surface area contributed by atoms with E-state index in [0.29, 0.717) is 13.0 Å². The normalized spacial score (nSPS) is 11.6. The van der Waals surface area contributed by atoms with Gasteiger partial charge in [0.1, 0.15) is 11.5 Å². The second-order valence-electron chi connectivity index (χ2n) is 6.53. The highest BCUT2D eigenvalue weighted by Crippen LogP contribution is 2.33. The summed E-state index contributed by atoms with van der Waals surface area (Å²) >= 11 is 0. The highest BCUT2D eigenvalue weighted by molar-refractivity contribution is 5.66. The highest BCUT2D eigenvalue weighted by atomic mass is 16.5. The Morgan fingerprint density at radius 1 is 0.821 bits per heavy atom. The van der Waals surface area contributed by atoms with Crippen molar-refractivity contribution in [3.8, 4) is 11.5 Å². The summed E-state index contributed by atoms with van der Waals surface area (Å²) in [6.07, 6.45) is 0.612. The molecule has 0 aliphatic carbocycles. The van der Waals surface area contributed by atoms with Gasteiger partial charge >= 0.3 is 5.97 Å². The molecule has 3 aromatic rings. The fraction of sp³-hybridized carbons (Fsp3) is 0.208. The lowest BCUT2D eigenvalue weighted by molar-refractivity contribution is -0.137. The molecule has 0 amide bonds. The maximum atomic E-state index is 10.6. The van der Waals surface area contributed by atoms with E-state index in [1.165, 1.54) is 11.1 Å². The van der Waals surface area contributed by atoms with Crippen molar-refractivity contribution < 1.29 is 19.4 Å². The summed E-state index contributed by atoms with van der Waals surface area (Å²) < 4.78 is 10.9. The van der Waals surface area contributed by atoms with Gasteiger partial charge < -0.3 is 14.6 Å². The van der Waals surface area contributed by atoms with Crippen molar-refractivity contribution in [3.63, 3.8) is 0 Å². The van der Waals surface area contributed by atoms with Crippen LogP contribution in [0.1, 0.15) is 35.4 Å². The Balaban J connectivity index is 1.81. The number of carbonyl (C=O) groups is 1. The maximum Gasteiger partial charge on any atom is 0.303 e. The minimum atomic E-state index is -0.802. The van der Waals surface area contributed by atoms with Crippen LogP contribution in [0.25, 0.3) is 0 Å². The average Bonchev–Trinajstić information content (AvgIpc) is 2.74. The summed E-state index contributed by atoms with van der Waals surface area (Å²) in [5.74, 6) is 0.883. The lowest BCUT2D eigenvalue weighted by Crippen LogP contribution is -2.04. The average molecular weight is 376 g/mol. The van der Waals surface area contributed by atoms with E-state index in [1.54, 1.807) is 7.11 Å². The number of methoxy groups -OCH3 is 1. The molecule has 0 radical (unpaired) electrons. The van der Waals surface area contributed by atoms with E-state index in [9.17, 15) is 4.79 Å². The van der Waals surface area contributed by atoms with Gasteiger partial charge in [-0.25, -0.2) is 0 Å². The third-order valence-corrected chi connectivity index (χ3v) is 4.60. The summed E-state index contributed by atoms with van der Waals surface area (Å²) in [6, 6.07) is 26.5. The SMILES string of the molecule is COc1ccc(C(c2ccccc2)c2ccc(OCCCC(=O)O)cc2)cc1. The zero-order valence-electron chi connectivity index (χ0n) is 15.9. The summed E-state index contributed by atoms with van der Waals surface area (Å²) in [5.41, 5.74) is 3.55. The zero-order chi connectivity index (χ0) is 19.8. The molecule has 0 fully saturated rings. The molecule has 1 unspecified atom stereocenters. The number of benzene rings is 3. The molecule has 1 atom stereocenters. The Labute approximate surface area is 165 Å². The van der Waals surface area contributed by atoms with Crippen molar-refractivity contribution in [2.75, 3.05) is 13.7 Å². The topological polar surface area (TPSA) is 55.8 Å². The molecule has 4 nitrogen and oxygen atoms in total. The van der Waals surface area contributed by atoms with Crippen LogP contribution in [0.3, 0.4) is 0 Å². The van der Waals surface area contributed by atoms with E-state index in [4.69, 9.17) is 14.6 Å². The largest absolute Gasteiger partial charge is 0.497 e. The summed E-state index contributed by atoms with van der Waals surface area (Å²) in [4.78, 5) is 10.6. The number of rotatable bonds is 9. The molecule has 1 N–H and O–H groups in total. The van der Waals surface area contributed by atoms with Crippen molar-refractivity contribution >= 4 is 5.97 Å². The van der Waals surface area contributed by atoms with Gasteiger partial charge in [0.2, 0.25) is 0 Å². The predicted octanol–water partition coefficient (Wildman–Crippen LogP) is 5.12.